The molecular formula is C34H56N2O6. The Balaban J connectivity index is 2.04. The Kier molecular flexibility index (Phi) is 11.1. The molecule has 0 aliphatic carbocycles. The molecule has 2 bridgehead atoms. The molecule has 2 amide bonds. The Bertz CT molecular complexity index is 1000. The molecule has 3 fully saturated rings. The molecule has 3 heterocycles. The number of carbonyl (C=O) groups is 3. The van der Waals surface area contributed by atoms with Crippen molar-refractivity contribution in [3.8, 4) is 0 Å². The van der Waals surface area contributed by atoms with Crippen molar-refractivity contribution in [3.63, 3.8) is 0 Å². The summed E-state index contributed by atoms with van der Waals surface area (Å²) in [5.41, 5.74) is -2.42. The van der Waals surface area contributed by atoms with Gasteiger partial charge in [0.05, 0.1) is 18.1 Å². The third-order valence-electron chi connectivity index (χ3n) is 9.54. The fourth-order valence-electron chi connectivity index (χ4n) is 8.14. The number of rotatable bonds is 17. The van der Waals surface area contributed by atoms with Crippen molar-refractivity contribution in [1.29, 1.82) is 0 Å². The molecular weight excluding hydrogens is 532 g/mol. The summed E-state index contributed by atoms with van der Waals surface area (Å²) in [6.07, 6.45) is 10.5. The molecule has 3 aliphatic rings. The van der Waals surface area contributed by atoms with E-state index in [-0.39, 0.29) is 30.4 Å². The first-order valence-electron chi connectivity index (χ1n) is 16.1. The first-order valence-corrected chi connectivity index (χ1v) is 16.1. The van der Waals surface area contributed by atoms with E-state index >= 15 is 0 Å². The van der Waals surface area contributed by atoms with Gasteiger partial charge < -0.3 is 24.4 Å². The average molecular weight is 589 g/mol. The van der Waals surface area contributed by atoms with Crippen LogP contribution >= 0.6 is 0 Å². The lowest BCUT2D eigenvalue weighted by atomic mass is 9.65. The summed E-state index contributed by atoms with van der Waals surface area (Å²) in [5, 5.41) is 9.21. The van der Waals surface area contributed by atoms with Crippen LogP contribution in [0.2, 0.25) is 0 Å². The minimum Gasteiger partial charge on any atom is -0.465 e. The van der Waals surface area contributed by atoms with Crippen molar-refractivity contribution >= 4 is 17.8 Å². The molecule has 0 radical (unpaired) electrons. The number of fused-ring (bicyclic) bond motifs is 1. The largest absolute Gasteiger partial charge is 0.465 e. The minimum atomic E-state index is -1.07. The van der Waals surface area contributed by atoms with Gasteiger partial charge in [0.2, 0.25) is 11.8 Å². The number of amides is 2. The predicted octanol–water partition coefficient (Wildman–Crippen LogP) is 5.43. The van der Waals surface area contributed by atoms with E-state index in [9.17, 15) is 19.5 Å². The van der Waals surface area contributed by atoms with Gasteiger partial charge in [0.15, 0.2) is 0 Å². The summed E-state index contributed by atoms with van der Waals surface area (Å²) in [4.78, 5) is 46.5. The Morgan fingerprint density at radius 1 is 1.10 bits per heavy atom. The first kappa shape index (κ1) is 34.3. The van der Waals surface area contributed by atoms with Crippen molar-refractivity contribution in [3.05, 3.63) is 25.3 Å². The molecule has 0 saturated carbocycles. The van der Waals surface area contributed by atoms with Gasteiger partial charge in [-0.3, -0.25) is 14.4 Å². The highest BCUT2D eigenvalue weighted by Gasteiger charge is 2.79. The van der Waals surface area contributed by atoms with E-state index < -0.39 is 40.6 Å². The maximum absolute atomic E-state index is 14.8. The van der Waals surface area contributed by atoms with Gasteiger partial charge >= 0.3 is 5.97 Å². The second-order valence-corrected chi connectivity index (χ2v) is 14.4. The van der Waals surface area contributed by atoms with Crippen LogP contribution in [0.4, 0.5) is 0 Å². The van der Waals surface area contributed by atoms with E-state index in [4.69, 9.17) is 9.47 Å². The highest BCUT2D eigenvalue weighted by Crippen LogP contribution is 2.64. The third kappa shape index (κ3) is 6.64. The number of allylic oxidation sites excluding steroid dienone is 1. The van der Waals surface area contributed by atoms with Gasteiger partial charge in [-0.25, -0.2) is 0 Å². The van der Waals surface area contributed by atoms with Crippen molar-refractivity contribution in [2.75, 3.05) is 26.3 Å². The van der Waals surface area contributed by atoms with Gasteiger partial charge in [0, 0.05) is 25.2 Å². The molecule has 238 valence electrons. The monoisotopic (exact) mass is 588 g/mol. The molecule has 3 rings (SSSR count). The molecule has 1 N–H and O–H groups in total. The standard InChI is InChI=1S/C34H56N2O6/c1-9-12-17-23-41-30(40)26-25-28(38)35(21-15-13-14-16-22-37)27(34(25)19-18-33(26,11-3)42-34)29(39)36(20-10-2)32(7,8)24-31(4,5)6/h9-10,25-27,37H,1-2,11-24H2,3-8H3/t25-,26-,27?,33+,34?/m0/s1. The van der Waals surface area contributed by atoms with Crippen LogP contribution in [-0.2, 0) is 23.9 Å². The molecule has 0 aromatic rings. The molecule has 1 spiro atoms. The van der Waals surface area contributed by atoms with Crippen LogP contribution in [0, 0.1) is 17.3 Å². The van der Waals surface area contributed by atoms with E-state index in [1.807, 2.05) is 11.8 Å². The number of unbranched alkanes of at least 4 members (excludes halogenated alkanes) is 4. The molecule has 5 atom stereocenters. The average Bonchev–Trinajstić information content (AvgIpc) is 3.51. The lowest BCUT2D eigenvalue weighted by molar-refractivity contribution is -0.163. The Morgan fingerprint density at radius 2 is 1.79 bits per heavy atom. The summed E-state index contributed by atoms with van der Waals surface area (Å²) in [6, 6.07) is -0.820. The van der Waals surface area contributed by atoms with Crippen molar-refractivity contribution in [2.24, 2.45) is 17.3 Å². The molecule has 3 saturated heterocycles. The van der Waals surface area contributed by atoms with Crippen LogP contribution < -0.4 is 0 Å². The van der Waals surface area contributed by atoms with Crippen LogP contribution in [0.25, 0.3) is 0 Å². The highest BCUT2D eigenvalue weighted by molar-refractivity contribution is 5.98. The lowest BCUT2D eigenvalue weighted by Gasteiger charge is -2.45. The summed E-state index contributed by atoms with van der Waals surface area (Å²) >= 11 is 0. The molecule has 3 aliphatic heterocycles. The molecule has 2 unspecified atom stereocenters. The topological polar surface area (TPSA) is 96.4 Å². The van der Waals surface area contributed by atoms with Crippen LogP contribution in [0.5, 0.6) is 0 Å². The number of hydrogen-bond acceptors (Lipinski definition) is 6. The fraction of sp³-hybridized carbons (Fsp3) is 0.794. The number of hydrogen-bond donors (Lipinski definition) is 1. The minimum absolute atomic E-state index is 0.0308. The molecule has 8 heteroatoms. The van der Waals surface area contributed by atoms with Crippen LogP contribution in [-0.4, -0.2) is 81.8 Å². The number of likely N-dealkylation sites (tertiary alicyclic amines) is 1. The van der Waals surface area contributed by atoms with Crippen LogP contribution in [0.1, 0.15) is 106 Å². The quantitative estimate of drug-likeness (QED) is 0.138. The summed E-state index contributed by atoms with van der Waals surface area (Å²) in [5.74, 6) is -2.20. The number of ether oxygens (including phenoxy) is 2. The number of nitrogens with zero attached hydrogens (tertiary/aromatic N) is 2. The molecule has 0 aromatic heterocycles. The smallest absolute Gasteiger partial charge is 0.312 e. The van der Waals surface area contributed by atoms with Gasteiger partial charge in [-0.2, -0.15) is 0 Å². The number of carbonyl (C=O) groups excluding carboxylic acids is 3. The zero-order valence-corrected chi connectivity index (χ0v) is 27.1. The number of aliphatic hydroxyl groups is 1. The number of aliphatic hydroxyl groups excluding tert-OH is 1. The van der Waals surface area contributed by atoms with Crippen molar-refractivity contribution in [2.45, 2.75) is 129 Å². The Hall–Kier alpha value is -2.19. The summed E-state index contributed by atoms with van der Waals surface area (Å²) in [6.45, 7) is 21.5. The molecule has 42 heavy (non-hydrogen) atoms. The van der Waals surface area contributed by atoms with Gasteiger partial charge in [0.1, 0.15) is 17.6 Å². The highest BCUT2D eigenvalue weighted by atomic mass is 16.6. The normalized spacial score (nSPS) is 28.6. The predicted molar refractivity (Wildman–Crippen MR) is 165 cm³/mol. The third-order valence-corrected chi connectivity index (χ3v) is 9.54. The van der Waals surface area contributed by atoms with Crippen LogP contribution in [0.15, 0.2) is 25.3 Å². The molecule has 0 aromatic carbocycles. The molecule has 8 nitrogen and oxygen atoms in total. The maximum atomic E-state index is 14.8. The van der Waals surface area contributed by atoms with E-state index in [2.05, 4.69) is 47.8 Å². The zero-order valence-electron chi connectivity index (χ0n) is 27.1. The second kappa shape index (κ2) is 13.6. The van der Waals surface area contributed by atoms with Crippen LogP contribution in [0.3, 0.4) is 0 Å². The maximum Gasteiger partial charge on any atom is 0.312 e. The lowest BCUT2D eigenvalue weighted by Crippen LogP contribution is -2.61. The van der Waals surface area contributed by atoms with Gasteiger partial charge in [-0.1, -0.05) is 52.7 Å². The van der Waals surface area contributed by atoms with E-state index in [1.54, 1.807) is 17.1 Å². The van der Waals surface area contributed by atoms with Crippen molar-refractivity contribution in [1.82, 2.24) is 9.80 Å². The second-order valence-electron chi connectivity index (χ2n) is 14.4. The van der Waals surface area contributed by atoms with Gasteiger partial charge in [0.25, 0.3) is 0 Å². The SMILES string of the molecule is C=CCCCOC(=O)[C@@H]1[C@H]2C(=O)N(CCCCCCO)C(C(=O)N(CC=C)C(C)(C)CC(C)(C)C)C23CC[C@@]1(CC)O3. The van der Waals surface area contributed by atoms with Gasteiger partial charge in [-0.15, -0.1) is 13.2 Å². The van der Waals surface area contributed by atoms with Crippen molar-refractivity contribution < 1.29 is 29.0 Å². The Morgan fingerprint density at radius 3 is 2.38 bits per heavy atom. The fourth-order valence-corrected chi connectivity index (χ4v) is 8.14. The van der Waals surface area contributed by atoms with E-state index in [0.29, 0.717) is 51.6 Å². The number of esters is 1. The van der Waals surface area contributed by atoms with E-state index in [1.165, 1.54) is 0 Å². The summed E-state index contributed by atoms with van der Waals surface area (Å²) < 4.78 is 12.7. The first-order chi connectivity index (χ1) is 19.7. The van der Waals surface area contributed by atoms with Gasteiger partial charge in [-0.05, 0) is 70.6 Å². The Labute approximate surface area is 253 Å². The van der Waals surface area contributed by atoms with E-state index in [0.717, 1.165) is 25.7 Å². The zero-order chi connectivity index (χ0) is 31.3. The summed E-state index contributed by atoms with van der Waals surface area (Å²) in [7, 11) is 0.